The second kappa shape index (κ2) is 9.63. The lowest BCUT2D eigenvalue weighted by Crippen LogP contribution is -2.38. The maximum Gasteiger partial charge on any atom is 0.258 e. The van der Waals surface area contributed by atoms with Gasteiger partial charge in [-0.15, -0.1) is 11.3 Å². The van der Waals surface area contributed by atoms with Crippen LogP contribution in [0.25, 0.3) is 10.9 Å². The minimum Gasteiger partial charge on any atom is -0.332 e. The van der Waals surface area contributed by atoms with Crippen LogP contribution in [0.4, 0.5) is 0 Å². The fourth-order valence-electron chi connectivity index (χ4n) is 3.52. The zero-order chi connectivity index (χ0) is 22.7. The molecule has 32 heavy (non-hydrogen) atoms. The molecule has 1 amide bonds. The van der Waals surface area contributed by atoms with Gasteiger partial charge in [-0.25, -0.2) is 9.97 Å². The van der Waals surface area contributed by atoms with E-state index in [2.05, 4.69) is 15.0 Å². The molecule has 0 saturated carbocycles. The van der Waals surface area contributed by atoms with Crippen LogP contribution in [0.15, 0.2) is 58.7 Å². The Labute approximate surface area is 194 Å². The molecule has 0 unspecified atom stereocenters. The van der Waals surface area contributed by atoms with Crippen LogP contribution in [0, 0.1) is 0 Å². The number of nitrogens with zero attached hydrogens (tertiary/aromatic N) is 3. The van der Waals surface area contributed by atoms with Gasteiger partial charge in [0.15, 0.2) is 0 Å². The summed E-state index contributed by atoms with van der Waals surface area (Å²) < 4.78 is 0. The minimum atomic E-state index is -0.202. The average molecular weight is 467 g/mol. The summed E-state index contributed by atoms with van der Waals surface area (Å²) in [5, 5.41) is 4.09. The third-order valence-electron chi connectivity index (χ3n) is 5.10. The maximum atomic E-state index is 13.1. The molecule has 0 aliphatic heterocycles. The SMILES string of the molecule is CC(C)N(Cc1nc2ccccc2c(=O)[nH]1)C(=O)Cc1csc(Cc2cccc(Cl)c2)n1. The molecule has 0 saturated heterocycles. The number of carbonyl (C=O) groups is 1. The highest BCUT2D eigenvalue weighted by Crippen LogP contribution is 2.19. The number of hydrogen-bond acceptors (Lipinski definition) is 5. The fourth-order valence-corrected chi connectivity index (χ4v) is 4.56. The van der Waals surface area contributed by atoms with E-state index in [0.29, 0.717) is 28.2 Å². The van der Waals surface area contributed by atoms with E-state index in [1.165, 1.54) is 11.3 Å². The van der Waals surface area contributed by atoms with Crippen molar-refractivity contribution in [1.29, 1.82) is 0 Å². The Balaban J connectivity index is 1.47. The van der Waals surface area contributed by atoms with Gasteiger partial charge in [0.1, 0.15) is 5.82 Å². The summed E-state index contributed by atoms with van der Waals surface area (Å²) in [6.07, 6.45) is 0.873. The summed E-state index contributed by atoms with van der Waals surface area (Å²) in [6, 6.07) is 14.8. The molecule has 2 heterocycles. The molecule has 0 aliphatic carbocycles. The van der Waals surface area contributed by atoms with Crippen molar-refractivity contribution in [1.82, 2.24) is 19.9 Å². The first-order chi connectivity index (χ1) is 15.4. The molecule has 0 aliphatic rings. The van der Waals surface area contributed by atoms with E-state index in [1.54, 1.807) is 23.1 Å². The molecule has 0 radical (unpaired) electrons. The molecule has 6 nitrogen and oxygen atoms in total. The molecule has 164 valence electrons. The summed E-state index contributed by atoms with van der Waals surface area (Å²) in [6.45, 7) is 4.13. The van der Waals surface area contributed by atoms with Crippen molar-refractivity contribution in [3.8, 4) is 0 Å². The number of amides is 1. The van der Waals surface area contributed by atoms with Gasteiger partial charge in [0.25, 0.3) is 5.56 Å². The van der Waals surface area contributed by atoms with E-state index in [4.69, 9.17) is 11.6 Å². The van der Waals surface area contributed by atoms with E-state index in [-0.39, 0.29) is 30.5 Å². The lowest BCUT2D eigenvalue weighted by atomic mass is 10.2. The number of carbonyl (C=O) groups excluding carboxylic acids is 1. The van der Waals surface area contributed by atoms with E-state index in [1.807, 2.05) is 49.6 Å². The second-order valence-electron chi connectivity index (χ2n) is 7.86. The van der Waals surface area contributed by atoms with Gasteiger partial charge in [0.05, 0.1) is 34.6 Å². The summed E-state index contributed by atoms with van der Waals surface area (Å²) in [4.78, 5) is 39.1. The molecule has 2 aromatic heterocycles. The van der Waals surface area contributed by atoms with Crippen LogP contribution in [0.3, 0.4) is 0 Å². The summed E-state index contributed by atoms with van der Waals surface area (Å²) in [5.74, 6) is 0.408. The van der Waals surface area contributed by atoms with Crippen molar-refractivity contribution in [2.45, 2.75) is 39.3 Å². The van der Waals surface area contributed by atoms with Crippen molar-refractivity contribution in [2.75, 3.05) is 0 Å². The number of nitrogens with one attached hydrogen (secondary N) is 1. The second-order valence-corrected chi connectivity index (χ2v) is 9.24. The van der Waals surface area contributed by atoms with Gasteiger partial charge < -0.3 is 9.88 Å². The molecule has 0 bridgehead atoms. The Morgan fingerprint density at radius 3 is 2.75 bits per heavy atom. The zero-order valence-corrected chi connectivity index (χ0v) is 19.4. The van der Waals surface area contributed by atoms with Gasteiger partial charge in [-0.1, -0.05) is 35.9 Å². The van der Waals surface area contributed by atoms with E-state index >= 15 is 0 Å². The molecule has 8 heteroatoms. The smallest absolute Gasteiger partial charge is 0.258 e. The van der Waals surface area contributed by atoms with E-state index in [9.17, 15) is 9.59 Å². The number of hydrogen-bond donors (Lipinski definition) is 1. The van der Waals surface area contributed by atoms with Gasteiger partial charge in [-0.2, -0.15) is 0 Å². The van der Waals surface area contributed by atoms with Crippen LogP contribution in [0.2, 0.25) is 5.02 Å². The summed E-state index contributed by atoms with van der Waals surface area (Å²) >= 11 is 7.60. The van der Waals surface area contributed by atoms with Crippen LogP contribution < -0.4 is 5.56 Å². The topological polar surface area (TPSA) is 79.0 Å². The van der Waals surface area contributed by atoms with Crippen molar-refractivity contribution in [2.24, 2.45) is 0 Å². The van der Waals surface area contributed by atoms with Gasteiger partial charge in [0, 0.05) is 22.9 Å². The van der Waals surface area contributed by atoms with Crippen LogP contribution >= 0.6 is 22.9 Å². The molecular weight excluding hydrogens is 444 g/mol. The van der Waals surface area contributed by atoms with Gasteiger partial charge in [0.2, 0.25) is 5.91 Å². The number of halogens is 1. The lowest BCUT2D eigenvalue weighted by molar-refractivity contribution is -0.133. The van der Waals surface area contributed by atoms with Gasteiger partial charge in [-0.3, -0.25) is 9.59 Å². The third-order valence-corrected chi connectivity index (χ3v) is 6.23. The molecule has 0 fully saturated rings. The Hall–Kier alpha value is -3.03. The van der Waals surface area contributed by atoms with Crippen molar-refractivity contribution >= 4 is 39.7 Å². The Morgan fingerprint density at radius 2 is 1.97 bits per heavy atom. The predicted molar refractivity (Wildman–Crippen MR) is 128 cm³/mol. The van der Waals surface area contributed by atoms with Crippen molar-refractivity contribution < 1.29 is 4.79 Å². The predicted octanol–water partition coefficient (Wildman–Crippen LogP) is 4.60. The molecule has 4 aromatic rings. The van der Waals surface area contributed by atoms with E-state index in [0.717, 1.165) is 16.3 Å². The largest absolute Gasteiger partial charge is 0.332 e. The number of aromatic amines is 1. The fraction of sp³-hybridized carbons (Fsp3) is 0.250. The average Bonchev–Trinajstić information content (AvgIpc) is 3.18. The maximum absolute atomic E-state index is 13.1. The first kappa shape index (κ1) is 22.2. The normalized spacial score (nSPS) is 11.2. The Morgan fingerprint density at radius 1 is 1.16 bits per heavy atom. The third kappa shape index (κ3) is 5.23. The Bertz CT molecular complexity index is 1310. The highest BCUT2D eigenvalue weighted by atomic mass is 35.5. The standard InChI is InChI=1S/C24H23ClN4O2S/c1-15(2)29(13-21-27-20-9-4-3-8-19(20)24(31)28-21)23(30)12-18-14-32-22(26-18)11-16-6-5-7-17(25)10-16/h3-10,14-15H,11-13H2,1-2H3,(H,27,28,31). The van der Waals surface area contributed by atoms with Gasteiger partial charge in [-0.05, 0) is 43.7 Å². The molecular formula is C24H23ClN4O2S. The molecule has 1 N–H and O–H groups in total. The molecule has 2 aromatic carbocycles. The van der Waals surface area contributed by atoms with Crippen LogP contribution in [0.5, 0.6) is 0 Å². The molecule has 0 spiro atoms. The number of benzene rings is 2. The highest BCUT2D eigenvalue weighted by Gasteiger charge is 2.20. The highest BCUT2D eigenvalue weighted by molar-refractivity contribution is 7.09. The number of para-hydroxylation sites is 1. The van der Waals surface area contributed by atoms with Crippen molar-refractivity contribution in [3.63, 3.8) is 0 Å². The first-order valence-corrected chi connectivity index (χ1v) is 11.6. The Kier molecular flexibility index (Phi) is 6.67. The van der Waals surface area contributed by atoms with E-state index < -0.39 is 0 Å². The zero-order valence-electron chi connectivity index (χ0n) is 17.8. The van der Waals surface area contributed by atoms with Crippen LogP contribution in [-0.2, 0) is 24.2 Å². The minimum absolute atomic E-state index is 0.0520. The summed E-state index contributed by atoms with van der Waals surface area (Å²) in [7, 11) is 0. The number of thiazole rings is 1. The number of fused-ring (bicyclic) bond motifs is 1. The lowest BCUT2D eigenvalue weighted by Gasteiger charge is -2.26. The number of H-pyrrole nitrogens is 1. The van der Waals surface area contributed by atoms with Crippen LogP contribution in [0.1, 0.15) is 35.9 Å². The number of rotatable bonds is 7. The quantitative estimate of drug-likeness (QED) is 0.431. The number of aromatic nitrogens is 3. The summed E-state index contributed by atoms with van der Waals surface area (Å²) in [5.41, 5.74) is 2.24. The monoisotopic (exact) mass is 466 g/mol. The first-order valence-electron chi connectivity index (χ1n) is 10.3. The van der Waals surface area contributed by atoms with Gasteiger partial charge >= 0.3 is 0 Å². The van der Waals surface area contributed by atoms with Crippen molar-refractivity contribution in [3.05, 3.63) is 91.4 Å². The molecule has 4 rings (SSSR count). The van der Waals surface area contributed by atoms with Crippen LogP contribution in [-0.4, -0.2) is 31.8 Å². The molecule has 0 atom stereocenters.